The molecule has 3 atom stereocenters. The Labute approximate surface area is 127 Å². The van der Waals surface area contributed by atoms with Gasteiger partial charge in [0.15, 0.2) is 0 Å². The topological polar surface area (TPSA) is 66.6 Å². The molecule has 0 spiro atoms. The standard InChI is InChI=1S/C14H16Cl2N2O2/c15-10-1-2-11(19)13(14(10)16)7-3-9-4-8(17)5-12(20)18(9)6-7/h1-2,7-9,19H,3-6,17H2/t7-,8+,9-/m0/s1. The summed E-state index contributed by atoms with van der Waals surface area (Å²) in [6.45, 7) is 0.573. The van der Waals surface area contributed by atoms with Crippen molar-refractivity contribution in [2.24, 2.45) is 5.73 Å². The summed E-state index contributed by atoms with van der Waals surface area (Å²) in [6, 6.07) is 3.21. The largest absolute Gasteiger partial charge is 0.508 e. The van der Waals surface area contributed by atoms with E-state index in [1.165, 1.54) is 0 Å². The third kappa shape index (κ3) is 2.26. The molecule has 1 aromatic rings. The normalized spacial score (nSPS) is 29.6. The summed E-state index contributed by atoms with van der Waals surface area (Å²) in [7, 11) is 0. The molecule has 1 aromatic carbocycles. The minimum absolute atomic E-state index is 0.0143. The molecule has 6 heteroatoms. The van der Waals surface area contributed by atoms with Crippen LogP contribution in [-0.2, 0) is 4.79 Å². The third-order valence-corrected chi connectivity index (χ3v) is 5.08. The number of fused-ring (bicyclic) bond motifs is 1. The highest BCUT2D eigenvalue weighted by molar-refractivity contribution is 6.42. The predicted molar refractivity (Wildman–Crippen MR) is 78.2 cm³/mol. The second kappa shape index (κ2) is 5.10. The number of nitrogens with zero attached hydrogens (tertiary/aromatic N) is 1. The molecule has 0 saturated carbocycles. The number of phenolic OH excluding ortho intramolecular Hbond substituents is 1. The Kier molecular flexibility index (Phi) is 3.56. The van der Waals surface area contributed by atoms with Crippen molar-refractivity contribution < 1.29 is 9.90 Å². The van der Waals surface area contributed by atoms with Crippen LogP contribution in [0, 0.1) is 0 Å². The monoisotopic (exact) mass is 314 g/mol. The fraction of sp³-hybridized carbons (Fsp3) is 0.500. The first-order valence-corrected chi connectivity index (χ1v) is 7.45. The van der Waals surface area contributed by atoms with Gasteiger partial charge in [0, 0.05) is 36.5 Å². The maximum Gasteiger partial charge on any atom is 0.224 e. The zero-order valence-electron chi connectivity index (χ0n) is 10.9. The quantitative estimate of drug-likeness (QED) is 0.837. The van der Waals surface area contributed by atoms with Crippen LogP contribution < -0.4 is 5.73 Å². The second-order valence-corrected chi connectivity index (χ2v) is 6.41. The zero-order chi connectivity index (χ0) is 14.4. The number of hydrogen-bond donors (Lipinski definition) is 2. The molecule has 1 amide bonds. The molecule has 0 aromatic heterocycles. The minimum atomic E-state index is -0.0640. The highest BCUT2D eigenvalue weighted by atomic mass is 35.5. The molecule has 0 bridgehead atoms. The highest BCUT2D eigenvalue weighted by Gasteiger charge is 2.41. The Bertz CT molecular complexity index is 564. The molecule has 20 heavy (non-hydrogen) atoms. The summed E-state index contributed by atoms with van der Waals surface area (Å²) in [4.78, 5) is 13.9. The van der Waals surface area contributed by atoms with Gasteiger partial charge in [-0.25, -0.2) is 0 Å². The van der Waals surface area contributed by atoms with Gasteiger partial charge in [-0.1, -0.05) is 23.2 Å². The van der Waals surface area contributed by atoms with Crippen molar-refractivity contribution in [3.05, 3.63) is 27.7 Å². The van der Waals surface area contributed by atoms with Gasteiger partial charge in [0.2, 0.25) is 5.91 Å². The molecule has 2 fully saturated rings. The lowest BCUT2D eigenvalue weighted by molar-refractivity contribution is -0.135. The van der Waals surface area contributed by atoms with E-state index in [0.717, 1.165) is 12.8 Å². The van der Waals surface area contributed by atoms with E-state index in [1.54, 1.807) is 12.1 Å². The highest BCUT2D eigenvalue weighted by Crippen LogP contribution is 2.44. The molecule has 2 heterocycles. The Morgan fingerprint density at radius 3 is 2.80 bits per heavy atom. The maximum atomic E-state index is 12.0. The molecule has 0 aliphatic carbocycles. The van der Waals surface area contributed by atoms with Crippen LogP contribution in [0.15, 0.2) is 12.1 Å². The number of benzene rings is 1. The van der Waals surface area contributed by atoms with Crippen LogP contribution in [0.25, 0.3) is 0 Å². The van der Waals surface area contributed by atoms with Crippen molar-refractivity contribution in [2.75, 3.05) is 6.54 Å². The summed E-state index contributed by atoms with van der Waals surface area (Å²) in [5.74, 6) is 0.246. The van der Waals surface area contributed by atoms with Crippen LogP contribution in [0.1, 0.15) is 30.7 Å². The number of piperidine rings is 1. The van der Waals surface area contributed by atoms with Gasteiger partial charge in [-0.2, -0.15) is 0 Å². The number of phenols is 1. The van der Waals surface area contributed by atoms with E-state index in [1.807, 2.05) is 4.90 Å². The number of nitrogens with two attached hydrogens (primary N) is 1. The van der Waals surface area contributed by atoms with Gasteiger partial charge < -0.3 is 15.7 Å². The SMILES string of the molecule is N[C@H]1CC(=O)N2C[C@@H](c3c(O)ccc(Cl)c3Cl)C[C@H]2C1. The number of carbonyl (C=O) groups is 1. The number of hydrogen-bond acceptors (Lipinski definition) is 3. The molecule has 4 nitrogen and oxygen atoms in total. The van der Waals surface area contributed by atoms with Crippen molar-refractivity contribution >= 4 is 29.1 Å². The van der Waals surface area contributed by atoms with E-state index >= 15 is 0 Å². The number of amides is 1. The molecule has 3 N–H and O–H groups in total. The third-order valence-electron chi connectivity index (χ3n) is 4.26. The Hall–Kier alpha value is -0.970. The molecule has 108 valence electrons. The lowest BCUT2D eigenvalue weighted by Crippen LogP contribution is -2.47. The smallest absolute Gasteiger partial charge is 0.224 e. The number of rotatable bonds is 1. The van der Waals surface area contributed by atoms with Crippen LogP contribution in [0.4, 0.5) is 0 Å². The van der Waals surface area contributed by atoms with E-state index in [4.69, 9.17) is 28.9 Å². The van der Waals surface area contributed by atoms with Crippen molar-refractivity contribution in [3.8, 4) is 5.75 Å². The van der Waals surface area contributed by atoms with Crippen LogP contribution in [0.5, 0.6) is 5.75 Å². The summed E-state index contributed by atoms with van der Waals surface area (Å²) in [5, 5.41) is 10.9. The first-order chi connectivity index (χ1) is 9.47. The van der Waals surface area contributed by atoms with Crippen molar-refractivity contribution in [2.45, 2.75) is 37.3 Å². The molecule has 0 radical (unpaired) electrons. The van der Waals surface area contributed by atoms with Gasteiger partial charge >= 0.3 is 0 Å². The molecular formula is C14H16Cl2N2O2. The minimum Gasteiger partial charge on any atom is -0.508 e. The van der Waals surface area contributed by atoms with Crippen molar-refractivity contribution in [1.29, 1.82) is 0 Å². The lowest BCUT2D eigenvalue weighted by atomic mass is 9.92. The number of aromatic hydroxyl groups is 1. The van der Waals surface area contributed by atoms with Gasteiger partial charge in [0.1, 0.15) is 5.75 Å². The van der Waals surface area contributed by atoms with Crippen LogP contribution >= 0.6 is 23.2 Å². The molecule has 2 aliphatic rings. The fourth-order valence-corrected chi connectivity index (χ4v) is 3.85. The summed E-state index contributed by atoms with van der Waals surface area (Å²) >= 11 is 12.2. The van der Waals surface area contributed by atoms with Crippen LogP contribution in [-0.4, -0.2) is 34.5 Å². The first-order valence-electron chi connectivity index (χ1n) is 6.69. The van der Waals surface area contributed by atoms with Crippen molar-refractivity contribution in [1.82, 2.24) is 4.90 Å². The average molecular weight is 315 g/mol. The summed E-state index contributed by atoms with van der Waals surface area (Å²) < 4.78 is 0. The molecule has 2 aliphatic heterocycles. The zero-order valence-corrected chi connectivity index (χ0v) is 12.4. The number of halogens is 2. The molecule has 3 rings (SSSR count). The van der Waals surface area contributed by atoms with Gasteiger partial charge in [-0.3, -0.25) is 4.79 Å². The van der Waals surface area contributed by atoms with E-state index < -0.39 is 0 Å². The molecular weight excluding hydrogens is 299 g/mol. The van der Waals surface area contributed by atoms with Gasteiger partial charge in [0.25, 0.3) is 0 Å². The van der Waals surface area contributed by atoms with E-state index in [2.05, 4.69) is 0 Å². The Balaban J connectivity index is 1.91. The second-order valence-electron chi connectivity index (χ2n) is 5.63. The molecule has 0 unspecified atom stereocenters. The van der Waals surface area contributed by atoms with Crippen LogP contribution in [0.3, 0.4) is 0 Å². The Morgan fingerprint density at radius 1 is 1.30 bits per heavy atom. The lowest BCUT2D eigenvalue weighted by Gasteiger charge is -2.32. The first kappa shape index (κ1) is 14.0. The number of carbonyl (C=O) groups excluding carboxylic acids is 1. The van der Waals surface area contributed by atoms with E-state index in [9.17, 15) is 9.90 Å². The van der Waals surface area contributed by atoms with Gasteiger partial charge in [-0.15, -0.1) is 0 Å². The maximum absolute atomic E-state index is 12.0. The average Bonchev–Trinajstić information content (AvgIpc) is 2.78. The van der Waals surface area contributed by atoms with Gasteiger partial charge in [-0.05, 0) is 25.0 Å². The van der Waals surface area contributed by atoms with Gasteiger partial charge in [0.05, 0.1) is 10.0 Å². The summed E-state index contributed by atoms with van der Waals surface area (Å²) in [5.41, 5.74) is 6.55. The summed E-state index contributed by atoms with van der Waals surface area (Å²) in [6.07, 6.45) is 1.98. The predicted octanol–water partition coefficient (Wildman–Crippen LogP) is 2.50. The fourth-order valence-electron chi connectivity index (χ4n) is 3.37. The Morgan fingerprint density at radius 2 is 2.05 bits per heavy atom. The van der Waals surface area contributed by atoms with E-state index in [-0.39, 0.29) is 29.7 Å². The van der Waals surface area contributed by atoms with Crippen molar-refractivity contribution in [3.63, 3.8) is 0 Å². The van der Waals surface area contributed by atoms with Crippen LogP contribution in [0.2, 0.25) is 10.0 Å². The molecule has 2 saturated heterocycles. The van der Waals surface area contributed by atoms with E-state index in [0.29, 0.717) is 28.6 Å².